The second-order valence-electron chi connectivity index (χ2n) is 13.7. The molecule has 34 heavy (non-hydrogen) atoms. The maximum atomic E-state index is 11.0. The molecule has 1 N–H and O–H groups in total. The van der Waals surface area contributed by atoms with Gasteiger partial charge in [0, 0.05) is 23.9 Å². The fourth-order valence-electron chi connectivity index (χ4n) is 10.1. The number of aliphatic hydroxyl groups is 1. The molecule has 4 aliphatic carbocycles. The first-order valence-corrected chi connectivity index (χ1v) is 13.8. The van der Waals surface area contributed by atoms with Crippen LogP contribution in [-0.4, -0.2) is 30.2 Å². The van der Waals surface area contributed by atoms with Crippen LogP contribution in [0.15, 0.2) is 36.5 Å². The minimum absolute atomic E-state index is 0.00710. The second-order valence-corrected chi connectivity index (χ2v) is 13.7. The highest BCUT2D eigenvalue weighted by Crippen LogP contribution is 2.78. The van der Waals surface area contributed by atoms with Crippen molar-refractivity contribution in [2.45, 2.75) is 104 Å². The van der Waals surface area contributed by atoms with Crippen LogP contribution in [0, 0.1) is 45.3 Å². The molecule has 5 aliphatic rings. The fraction of sp³-hybridized carbons (Fsp3) is 0.806. The number of fused-ring (bicyclic) bond motifs is 2. The van der Waals surface area contributed by atoms with Crippen molar-refractivity contribution in [3.63, 3.8) is 0 Å². The van der Waals surface area contributed by atoms with Gasteiger partial charge in [-0.2, -0.15) is 0 Å². The SMILES string of the molecule is C=C(C)/C=C/C[C@@H](C)[C@H]1CC[C@@]2(C)[C@@H]3C=C[C@]45O[C@@H](OC)[C@]3(CC[C@]12C)[C@@H]4CC[C@H](O)C5(C)C. The van der Waals surface area contributed by atoms with E-state index in [1.54, 1.807) is 0 Å². The van der Waals surface area contributed by atoms with Crippen molar-refractivity contribution in [3.05, 3.63) is 36.5 Å². The van der Waals surface area contributed by atoms with E-state index in [1.165, 1.54) is 19.3 Å². The van der Waals surface area contributed by atoms with E-state index in [2.05, 4.69) is 72.4 Å². The van der Waals surface area contributed by atoms with Gasteiger partial charge in [-0.1, -0.05) is 71.1 Å². The van der Waals surface area contributed by atoms with Crippen LogP contribution in [-0.2, 0) is 9.47 Å². The molecule has 4 fully saturated rings. The summed E-state index contributed by atoms with van der Waals surface area (Å²) in [5.74, 6) is 2.27. The lowest BCUT2D eigenvalue weighted by Gasteiger charge is -2.65. The number of methoxy groups -OCH3 is 1. The molecule has 3 nitrogen and oxygen atoms in total. The van der Waals surface area contributed by atoms with Gasteiger partial charge >= 0.3 is 0 Å². The highest BCUT2D eigenvalue weighted by molar-refractivity contribution is 5.34. The van der Waals surface area contributed by atoms with Crippen molar-refractivity contribution >= 4 is 0 Å². The minimum Gasteiger partial charge on any atom is -0.392 e. The summed E-state index contributed by atoms with van der Waals surface area (Å²) in [6.07, 6.45) is 17.0. The first kappa shape index (κ1) is 24.8. The van der Waals surface area contributed by atoms with Gasteiger partial charge in [-0.3, -0.25) is 0 Å². The van der Waals surface area contributed by atoms with Crippen LogP contribution in [0.25, 0.3) is 0 Å². The number of hydrogen-bond donors (Lipinski definition) is 1. The number of rotatable bonds is 5. The van der Waals surface area contributed by atoms with Crippen molar-refractivity contribution in [2.75, 3.05) is 7.11 Å². The Bertz CT molecular complexity index is 902. The number of aliphatic hydroxyl groups excluding tert-OH is 1. The van der Waals surface area contributed by atoms with Crippen molar-refractivity contribution < 1.29 is 14.6 Å². The van der Waals surface area contributed by atoms with Crippen molar-refractivity contribution in [3.8, 4) is 0 Å². The molecular formula is C31H48O3. The van der Waals surface area contributed by atoms with Crippen LogP contribution in [0.1, 0.15) is 86.5 Å². The van der Waals surface area contributed by atoms with Crippen LogP contribution >= 0.6 is 0 Å². The normalized spacial score (nSPS) is 51.7. The smallest absolute Gasteiger partial charge is 0.164 e. The summed E-state index contributed by atoms with van der Waals surface area (Å²) in [6, 6.07) is 0. The predicted octanol–water partition coefficient (Wildman–Crippen LogP) is 7.07. The summed E-state index contributed by atoms with van der Waals surface area (Å²) >= 11 is 0. The van der Waals surface area contributed by atoms with E-state index in [9.17, 15) is 5.11 Å². The largest absolute Gasteiger partial charge is 0.392 e. The van der Waals surface area contributed by atoms with Gasteiger partial charge in [-0.25, -0.2) is 0 Å². The van der Waals surface area contributed by atoms with E-state index >= 15 is 0 Å². The number of ether oxygens (including phenoxy) is 2. The molecule has 3 heteroatoms. The molecule has 0 radical (unpaired) electrons. The zero-order chi connectivity index (χ0) is 24.7. The Morgan fingerprint density at radius 1 is 1.15 bits per heavy atom. The Balaban J connectivity index is 1.54. The Morgan fingerprint density at radius 2 is 1.88 bits per heavy atom. The van der Waals surface area contributed by atoms with Crippen molar-refractivity contribution in [1.82, 2.24) is 0 Å². The summed E-state index contributed by atoms with van der Waals surface area (Å²) in [4.78, 5) is 0. The van der Waals surface area contributed by atoms with Crippen LogP contribution in [0.3, 0.4) is 0 Å². The lowest BCUT2D eigenvalue weighted by atomic mass is 9.38. The van der Waals surface area contributed by atoms with Crippen LogP contribution < -0.4 is 0 Å². The lowest BCUT2D eigenvalue weighted by Crippen LogP contribution is -2.65. The van der Waals surface area contributed by atoms with Gasteiger partial charge in [0.25, 0.3) is 0 Å². The minimum atomic E-state index is -0.426. The number of allylic oxidation sites excluding steroid dienone is 4. The molecule has 0 aromatic carbocycles. The molecule has 10 atom stereocenters. The topological polar surface area (TPSA) is 38.7 Å². The molecule has 5 rings (SSSR count). The monoisotopic (exact) mass is 468 g/mol. The summed E-state index contributed by atoms with van der Waals surface area (Å²) in [5.41, 5.74) is 0.945. The van der Waals surface area contributed by atoms with Gasteiger partial charge in [-0.15, -0.1) is 0 Å². The highest BCUT2D eigenvalue weighted by Gasteiger charge is 2.78. The maximum absolute atomic E-state index is 11.0. The van der Waals surface area contributed by atoms with Crippen LogP contribution in [0.2, 0.25) is 0 Å². The van der Waals surface area contributed by atoms with Gasteiger partial charge in [0.05, 0.1) is 6.10 Å². The average molecular weight is 469 g/mol. The Kier molecular flexibility index (Phi) is 5.68. The molecule has 1 spiro atoms. The van der Waals surface area contributed by atoms with Gasteiger partial charge in [-0.05, 0) is 80.5 Å². The van der Waals surface area contributed by atoms with Crippen LogP contribution in [0.5, 0.6) is 0 Å². The van der Waals surface area contributed by atoms with Crippen molar-refractivity contribution in [1.29, 1.82) is 0 Å². The lowest BCUT2D eigenvalue weighted by molar-refractivity contribution is -0.225. The van der Waals surface area contributed by atoms with E-state index in [0.717, 1.165) is 37.2 Å². The van der Waals surface area contributed by atoms with Gasteiger partial charge < -0.3 is 14.6 Å². The van der Waals surface area contributed by atoms with Gasteiger partial charge in [0.15, 0.2) is 6.29 Å². The summed E-state index contributed by atoms with van der Waals surface area (Å²) in [6.45, 7) is 18.2. The van der Waals surface area contributed by atoms with Gasteiger partial charge in [0.1, 0.15) is 5.60 Å². The highest BCUT2D eigenvalue weighted by atomic mass is 16.7. The van der Waals surface area contributed by atoms with Crippen molar-refractivity contribution in [2.24, 2.45) is 45.3 Å². The van der Waals surface area contributed by atoms with Gasteiger partial charge in [0.2, 0.25) is 0 Å². The zero-order valence-corrected chi connectivity index (χ0v) is 22.7. The predicted molar refractivity (Wildman–Crippen MR) is 138 cm³/mol. The summed E-state index contributed by atoms with van der Waals surface area (Å²) < 4.78 is 13.2. The first-order chi connectivity index (χ1) is 15.9. The molecule has 1 saturated heterocycles. The Labute approximate surface area is 208 Å². The Hall–Kier alpha value is -0.900. The van der Waals surface area contributed by atoms with E-state index in [-0.39, 0.29) is 28.6 Å². The quantitative estimate of drug-likeness (QED) is 0.346. The molecule has 1 aliphatic heterocycles. The number of hydrogen-bond acceptors (Lipinski definition) is 3. The van der Waals surface area contributed by atoms with E-state index < -0.39 is 5.60 Å². The zero-order valence-electron chi connectivity index (χ0n) is 22.7. The fourth-order valence-corrected chi connectivity index (χ4v) is 10.1. The third-order valence-corrected chi connectivity index (χ3v) is 12.3. The maximum Gasteiger partial charge on any atom is 0.164 e. The van der Waals surface area contributed by atoms with E-state index in [1.807, 2.05) is 7.11 Å². The summed E-state index contributed by atoms with van der Waals surface area (Å²) in [5, 5.41) is 11.0. The first-order valence-electron chi connectivity index (χ1n) is 13.8. The standard InChI is InChI=1S/C31H48O3/c1-20(2)10-9-11-21(3)22-14-16-29(7)23-15-17-31-24(12-13-25(32)27(31,4)5)30(23,26(33-8)34-31)19-18-28(22,29)6/h9-10,15,17,21-26,32H,1,11-14,16,18-19H2,2-8H3/b10-9+/t21-,22-,23+,24+,25+,26-,28-,29+,30+,31+/m1/s1. The third kappa shape index (κ3) is 2.81. The molecular weight excluding hydrogens is 420 g/mol. The second kappa shape index (κ2) is 7.80. The molecule has 2 bridgehead atoms. The average Bonchev–Trinajstić information content (AvgIpc) is 3.15. The van der Waals surface area contributed by atoms with E-state index in [0.29, 0.717) is 23.2 Å². The summed E-state index contributed by atoms with van der Waals surface area (Å²) in [7, 11) is 1.84. The Morgan fingerprint density at radius 3 is 2.56 bits per heavy atom. The molecule has 1 heterocycles. The molecule has 3 saturated carbocycles. The molecule has 0 aromatic heterocycles. The molecule has 0 amide bonds. The molecule has 0 unspecified atom stereocenters. The van der Waals surface area contributed by atoms with E-state index in [4.69, 9.17) is 9.47 Å². The molecule has 190 valence electrons. The van der Waals surface area contributed by atoms with Crippen LogP contribution in [0.4, 0.5) is 0 Å². The molecule has 0 aromatic rings. The third-order valence-electron chi connectivity index (χ3n) is 12.3.